The molecule has 7 nitrogen and oxygen atoms in total. The Morgan fingerprint density at radius 1 is 1.02 bits per heavy atom. The number of nitrogens with one attached hydrogen (secondary N) is 1. The Morgan fingerprint density at radius 3 is 2.33 bits per heavy atom. The van der Waals surface area contributed by atoms with E-state index >= 15 is 0 Å². The number of aryl methyl sites for hydroxylation is 1. The van der Waals surface area contributed by atoms with Crippen molar-refractivity contribution in [3.63, 3.8) is 0 Å². The normalized spacial score (nSPS) is 12.1. The van der Waals surface area contributed by atoms with Gasteiger partial charge in [0.25, 0.3) is 10.0 Å². The second-order valence-corrected chi connectivity index (χ2v) is 12.1. The number of para-hydroxylation sites is 1. The van der Waals surface area contributed by atoms with Crippen LogP contribution in [0.2, 0.25) is 10.0 Å². The Kier molecular flexibility index (Phi) is 11.0. The van der Waals surface area contributed by atoms with Gasteiger partial charge in [-0.25, -0.2) is 12.8 Å². The zero-order valence-electron chi connectivity index (χ0n) is 22.5. The molecule has 1 atom stereocenters. The van der Waals surface area contributed by atoms with Gasteiger partial charge in [0.15, 0.2) is 0 Å². The van der Waals surface area contributed by atoms with Gasteiger partial charge >= 0.3 is 0 Å². The minimum absolute atomic E-state index is 0.104. The van der Waals surface area contributed by atoms with Crippen LogP contribution in [0.4, 0.5) is 10.1 Å². The van der Waals surface area contributed by atoms with E-state index in [0.29, 0.717) is 17.1 Å². The van der Waals surface area contributed by atoms with E-state index < -0.39 is 40.2 Å². The Hall–Kier alpha value is -3.14. The lowest BCUT2D eigenvalue weighted by Gasteiger charge is -2.32. The van der Waals surface area contributed by atoms with Crippen LogP contribution in [0.5, 0.6) is 0 Å². The number of carbonyl (C=O) groups is 2. The molecule has 3 aromatic carbocycles. The second kappa shape index (κ2) is 14.0. The monoisotopic (exact) mass is 607 g/mol. The zero-order chi connectivity index (χ0) is 29.4. The van der Waals surface area contributed by atoms with E-state index in [-0.39, 0.29) is 22.2 Å². The summed E-state index contributed by atoms with van der Waals surface area (Å²) in [6.07, 6.45) is 1.62. The largest absolute Gasteiger partial charge is 0.354 e. The van der Waals surface area contributed by atoms with E-state index in [1.807, 2.05) is 6.92 Å². The summed E-state index contributed by atoms with van der Waals surface area (Å²) in [5, 5.41) is 3.48. The number of carbonyl (C=O) groups excluding carboxylic acids is 2. The summed E-state index contributed by atoms with van der Waals surface area (Å²) in [4.78, 5) is 28.0. The molecule has 0 aliphatic rings. The van der Waals surface area contributed by atoms with Crippen molar-refractivity contribution in [2.45, 2.75) is 51.1 Å². The predicted octanol–water partition coefficient (Wildman–Crippen LogP) is 5.97. The number of rotatable bonds is 12. The summed E-state index contributed by atoms with van der Waals surface area (Å²) in [6, 6.07) is 15.1. The maximum Gasteiger partial charge on any atom is 0.264 e. The summed E-state index contributed by atoms with van der Waals surface area (Å²) < 4.78 is 43.2. The van der Waals surface area contributed by atoms with Gasteiger partial charge in [-0.15, -0.1) is 0 Å². The zero-order valence-corrected chi connectivity index (χ0v) is 24.9. The average molecular weight is 609 g/mol. The smallest absolute Gasteiger partial charge is 0.264 e. The van der Waals surface area contributed by atoms with Crippen molar-refractivity contribution in [2.75, 3.05) is 17.4 Å². The molecule has 0 aliphatic heterocycles. The number of benzene rings is 3. The van der Waals surface area contributed by atoms with Gasteiger partial charge in [0.05, 0.1) is 10.6 Å². The topological polar surface area (TPSA) is 86.8 Å². The lowest BCUT2D eigenvalue weighted by molar-refractivity contribution is -0.139. The van der Waals surface area contributed by atoms with Crippen molar-refractivity contribution < 1.29 is 22.4 Å². The minimum Gasteiger partial charge on any atom is -0.354 e. The van der Waals surface area contributed by atoms with Crippen LogP contribution < -0.4 is 9.62 Å². The number of hydrogen-bond donors (Lipinski definition) is 1. The van der Waals surface area contributed by atoms with Gasteiger partial charge in [-0.2, -0.15) is 0 Å². The van der Waals surface area contributed by atoms with E-state index in [1.165, 1.54) is 41.3 Å². The Balaban J connectivity index is 2.03. The molecule has 0 radical (unpaired) electrons. The number of halogens is 3. The lowest BCUT2D eigenvalue weighted by Crippen LogP contribution is -2.51. The summed E-state index contributed by atoms with van der Waals surface area (Å²) in [6.45, 7) is 4.90. The fraction of sp³-hybridized carbons (Fsp3) is 0.310. The van der Waals surface area contributed by atoms with Crippen molar-refractivity contribution in [1.29, 1.82) is 0 Å². The molecule has 0 aromatic heterocycles. The third kappa shape index (κ3) is 7.74. The summed E-state index contributed by atoms with van der Waals surface area (Å²) in [5.41, 5.74) is 1.05. The molecule has 1 N–H and O–H groups in total. The van der Waals surface area contributed by atoms with Crippen molar-refractivity contribution in [3.8, 4) is 0 Å². The van der Waals surface area contributed by atoms with Crippen molar-refractivity contribution in [2.24, 2.45) is 0 Å². The maximum atomic E-state index is 15.0. The molecule has 0 saturated carbocycles. The number of hydrogen-bond acceptors (Lipinski definition) is 4. The highest BCUT2D eigenvalue weighted by Crippen LogP contribution is 2.28. The first-order valence-corrected chi connectivity index (χ1v) is 15.0. The van der Waals surface area contributed by atoms with Gasteiger partial charge in [0, 0.05) is 23.1 Å². The van der Waals surface area contributed by atoms with Crippen molar-refractivity contribution in [1.82, 2.24) is 10.2 Å². The van der Waals surface area contributed by atoms with Crippen LogP contribution in [0.3, 0.4) is 0 Å². The molecule has 0 spiro atoms. The molecule has 3 aromatic rings. The molecular weight excluding hydrogens is 576 g/mol. The highest BCUT2D eigenvalue weighted by atomic mass is 35.5. The molecule has 0 aliphatic carbocycles. The molecule has 3 rings (SSSR count). The predicted molar refractivity (Wildman–Crippen MR) is 157 cm³/mol. The van der Waals surface area contributed by atoms with E-state index in [0.717, 1.165) is 28.8 Å². The summed E-state index contributed by atoms with van der Waals surface area (Å²) in [7, 11) is -4.37. The average Bonchev–Trinajstić information content (AvgIpc) is 2.91. The highest BCUT2D eigenvalue weighted by molar-refractivity contribution is 7.92. The Labute approximate surface area is 244 Å². The molecule has 0 bridgehead atoms. The van der Waals surface area contributed by atoms with Gasteiger partial charge in [-0.3, -0.25) is 13.9 Å². The standard InChI is InChI=1S/C29H32Cl2FN3O4S/c1-4-5-16-33-29(37)21(3)34(18-22-12-13-23(30)17-25(22)31)28(36)19-35(27-9-7-6-8-26(27)32)40(38,39)24-14-10-20(2)11-15-24/h6-15,17,21H,4-5,16,18-19H2,1-3H3,(H,33,37). The Morgan fingerprint density at radius 2 is 1.70 bits per heavy atom. The second-order valence-electron chi connectivity index (χ2n) is 9.35. The number of amides is 2. The maximum absolute atomic E-state index is 15.0. The highest BCUT2D eigenvalue weighted by Gasteiger charge is 2.33. The fourth-order valence-electron chi connectivity index (χ4n) is 3.96. The van der Waals surface area contributed by atoms with Crippen LogP contribution >= 0.6 is 23.2 Å². The molecule has 214 valence electrons. The SMILES string of the molecule is CCCCNC(=O)C(C)N(Cc1ccc(Cl)cc1Cl)C(=O)CN(c1ccccc1F)S(=O)(=O)c1ccc(C)cc1. The summed E-state index contributed by atoms with van der Waals surface area (Å²) in [5.74, 6) is -1.95. The molecule has 1 unspecified atom stereocenters. The van der Waals surface area contributed by atoms with Crippen LogP contribution in [0.25, 0.3) is 0 Å². The van der Waals surface area contributed by atoms with Crippen LogP contribution in [-0.2, 0) is 26.2 Å². The van der Waals surface area contributed by atoms with E-state index in [2.05, 4.69) is 5.32 Å². The van der Waals surface area contributed by atoms with Crippen LogP contribution in [0.1, 0.15) is 37.8 Å². The minimum atomic E-state index is -4.37. The number of unbranched alkanes of at least 4 members (excludes halogenated alkanes) is 1. The van der Waals surface area contributed by atoms with Crippen LogP contribution in [0, 0.1) is 12.7 Å². The van der Waals surface area contributed by atoms with Gasteiger partial charge in [-0.1, -0.05) is 72.4 Å². The molecule has 0 fully saturated rings. The van der Waals surface area contributed by atoms with E-state index in [1.54, 1.807) is 38.1 Å². The summed E-state index contributed by atoms with van der Waals surface area (Å²) >= 11 is 12.4. The Bertz CT molecular complexity index is 1450. The number of sulfonamides is 1. The van der Waals surface area contributed by atoms with Gasteiger partial charge in [0.2, 0.25) is 11.8 Å². The van der Waals surface area contributed by atoms with Gasteiger partial charge in [0.1, 0.15) is 18.4 Å². The molecule has 11 heteroatoms. The van der Waals surface area contributed by atoms with Gasteiger partial charge in [-0.05, 0) is 62.2 Å². The molecular formula is C29H32Cl2FN3O4S. The number of anilines is 1. The quantitative estimate of drug-likeness (QED) is 0.257. The van der Waals surface area contributed by atoms with E-state index in [4.69, 9.17) is 23.2 Å². The fourth-order valence-corrected chi connectivity index (χ4v) is 5.85. The molecule has 2 amide bonds. The van der Waals surface area contributed by atoms with Crippen molar-refractivity contribution >= 4 is 50.7 Å². The third-order valence-electron chi connectivity index (χ3n) is 6.36. The van der Waals surface area contributed by atoms with Gasteiger partial charge < -0.3 is 10.2 Å². The van der Waals surface area contributed by atoms with Crippen molar-refractivity contribution in [3.05, 3.63) is 93.7 Å². The first-order chi connectivity index (χ1) is 18.9. The lowest BCUT2D eigenvalue weighted by atomic mass is 10.1. The first kappa shape index (κ1) is 31.4. The number of nitrogens with zero attached hydrogens (tertiary/aromatic N) is 2. The first-order valence-electron chi connectivity index (χ1n) is 12.8. The molecule has 0 heterocycles. The third-order valence-corrected chi connectivity index (χ3v) is 8.72. The van der Waals surface area contributed by atoms with E-state index in [9.17, 15) is 22.4 Å². The molecule has 0 saturated heterocycles. The van der Waals surface area contributed by atoms with Crippen LogP contribution in [0.15, 0.2) is 71.6 Å². The van der Waals surface area contributed by atoms with Crippen LogP contribution in [-0.4, -0.2) is 44.3 Å². The molecule has 40 heavy (non-hydrogen) atoms.